The fraction of sp³-hybridized carbons (Fsp3) is 0.444. The van der Waals surface area contributed by atoms with Crippen LogP contribution in [-0.4, -0.2) is 29.1 Å². The molecule has 0 radical (unpaired) electrons. The third kappa shape index (κ3) is 3.45. The lowest BCUT2D eigenvalue weighted by molar-refractivity contribution is -0.132. The van der Waals surface area contributed by atoms with Gasteiger partial charge in [-0.15, -0.1) is 0 Å². The van der Waals surface area contributed by atoms with Gasteiger partial charge in [0.1, 0.15) is 11.8 Å². The molecule has 0 saturated carbocycles. The van der Waals surface area contributed by atoms with Gasteiger partial charge in [-0.2, -0.15) is 0 Å². The second-order valence-corrected chi connectivity index (χ2v) is 6.06. The average molecular weight is 313 g/mol. The quantitative estimate of drug-likeness (QED) is 0.922. The van der Waals surface area contributed by atoms with Gasteiger partial charge < -0.3 is 9.42 Å². The normalized spacial score (nSPS) is 15.8. The molecule has 3 rings (SSSR count). The van der Waals surface area contributed by atoms with E-state index in [-0.39, 0.29) is 11.9 Å². The van der Waals surface area contributed by atoms with Crippen molar-refractivity contribution in [3.63, 3.8) is 0 Å². The van der Waals surface area contributed by atoms with Crippen LogP contribution >= 0.6 is 0 Å². The van der Waals surface area contributed by atoms with Crippen LogP contribution in [0.2, 0.25) is 0 Å². The molecule has 5 heteroatoms. The van der Waals surface area contributed by atoms with E-state index in [1.807, 2.05) is 49.1 Å². The number of hydrogen-bond acceptors (Lipinski definition) is 4. The van der Waals surface area contributed by atoms with E-state index in [9.17, 15) is 4.79 Å². The molecule has 1 aromatic carbocycles. The molecule has 0 unspecified atom stereocenters. The van der Waals surface area contributed by atoms with Crippen molar-refractivity contribution in [1.82, 2.24) is 15.4 Å². The SMILES string of the molecule is Cc1noc(C)c1CN[C@@H](C(=O)N1CCCC1)c1ccccc1. The van der Waals surface area contributed by atoms with Crippen LogP contribution < -0.4 is 5.32 Å². The van der Waals surface area contributed by atoms with Crippen LogP contribution in [0.3, 0.4) is 0 Å². The molecule has 5 nitrogen and oxygen atoms in total. The Labute approximate surface area is 136 Å². The molecule has 1 amide bonds. The number of likely N-dealkylation sites (tertiary alicyclic amines) is 1. The molecule has 1 aliphatic rings. The minimum atomic E-state index is -0.331. The second-order valence-electron chi connectivity index (χ2n) is 6.06. The molecule has 2 heterocycles. The van der Waals surface area contributed by atoms with Gasteiger partial charge in [0.15, 0.2) is 0 Å². The molecule has 122 valence electrons. The van der Waals surface area contributed by atoms with E-state index in [2.05, 4.69) is 10.5 Å². The molecular weight excluding hydrogens is 290 g/mol. The molecule has 2 aromatic rings. The van der Waals surface area contributed by atoms with Crippen molar-refractivity contribution < 1.29 is 9.32 Å². The molecule has 1 saturated heterocycles. The highest BCUT2D eigenvalue weighted by molar-refractivity contribution is 5.83. The monoisotopic (exact) mass is 313 g/mol. The zero-order valence-electron chi connectivity index (χ0n) is 13.7. The van der Waals surface area contributed by atoms with E-state index in [1.165, 1.54) is 0 Å². The smallest absolute Gasteiger partial charge is 0.244 e. The number of benzene rings is 1. The number of aromatic nitrogens is 1. The molecule has 1 atom stereocenters. The Bertz CT molecular complexity index is 641. The summed E-state index contributed by atoms with van der Waals surface area (Å²) < 4.78 is 5.21. The van der Waals surface area contributed by atoms with Crippen LogP contribution in [-0.2, 0) is 11.3 Å². The van der Waals surface area contributed by atoms with E-state index >= 15 is 0 Å². The van der Waals surface area contributed by atoms with Gasteiger partial charge in [0.05, 0.1) is 5.69 Å². The number of nitrogens with zero attached hydrogens (tertiary/aromatic N) is 2. The summed E-state index contributed by atoms with van der Waals surface area (Å²) in [5.74, 6) is 0.955. The first-order valence-corrected chi connectivity index (χ1v) is 8.15. The summed E-state index contributed by atoms with van der Waals surface area (Å²) in [6, 6.07) is 9.57. The lowest BCUT2D eigenvalue weighted by Gasteiger charge is -2.24. The topological polar surface area (TPSA) is 58.4 Å². The van der Waals surface area contributed by atoms with Gasteiger partial charge in [0.2, 0.25) is 5.91 Å². The fourth-order valence-electron chi connectivity index (χ4n) is 3.07. The van der Waals surface area contributed by atoms with Crippen molar-refractivity contribution in [1.29, 1.82) is 0 Å². The molecule has 1 N–H and O–H groups in total. The average Bonchev–Trinajstić information content (AvgIpc) is 3.20. The molecule has 0 aliphatic carbocycles. The van der Waals surface area contributed by atoms with Crippen LogP contribution in [0.5, 0.6) is 0 Å². The number of aryl methyl sites for hydroxylation is 2. The van der Waals surface area contributed by atoms with Crippen LogP contribution in [0.25, 0.3) is 0 Å². The third-order valence-electron chi connectivity index (χ3n) is 4.46. The fourth-order valence-corrected chi connectivity index (χ4v) is 3.07. The van der Waals surface area contributed by atoms with Crippen LogP contribution in [0.4, 0.5) is 0 Å². The summed E-state index contributed by atoms with van der Waals surface area (Å²) in [6.07, 6.45) is 2.19. The van der Waals surface area contributed by atoms with Crippen molar-refractivity contribution in [2.75, 3.05) is 13.1 Å². The zero-order valence-corrected chi connectivity index (χ0v) is 13.7. The van der Waals surface area contributed by atoms with E-state index < -0.39 is 0 Å². The van der Waals surface area contributed by atoms with Gasteiger partial charge in [-0.05, 0) is 32.3 Å². The van der Waals surface area contributed by atoms with Crippen molar-refractivity contribution in [2.24, 2.45) is 0 Å². The maximum Gasteiger partial charge on any atom is 0.244 e. The number of carbonyl (C=O) groups excluding carboxylic acids is 1. The Morgan fingerprint density at radius 3 is 2.57 bits per heavy atom. The van der Waals surface area contributed by atoms with Gasteiger partial charge in [-0.25, -0.2) is 0 Å². The standard InChI is InChI=1S/C18H23N3O2/c1-13-16(14(2)23-20-13)12-19-17(15-8-4-3-5-9-15)18(22)21-10-6-7-11-21/h3-5,8-9,17,19H,6-7,10-12H2,1-2H3/t17-/m1/s1. The van der Waals surface area contributed by atoms with Gasteiger partial charge in [-0.3, -0.25) is 10.1 Å². The largest absolute Gasteiger partial charge is 0.361 e. The Hall–Kier alpha value is -2.14. The highest BCUT2D eigenvalue weighted by atomic mass is 16.5. The lowest BCUT2D eigenvalue weighted by Crippen LogP contribution is -2.39. The molecule has 0 spiro atoms. The maximum atomic E-state index is 12.9. The summed E-state index contributed by atoms with van der Waals surface area (Å²) in [5.41, 5.74) is 2.90. The minimum Gasteiger partial charge on any atom is -0.361 e. The number of carbonyl (C=O) groups is 1. The molecule has 0 bridgehead atoms. The maximum absolute atomic E-state index is 12.9. The van der Waals surface area contributed by atoms with Crippen LogP contribution in [0.15, 0.2) is 34.9 Å². The first kappa shape index (κ1) is 15.7. The molecule has 1 aromatic heterocycles. The van der Waals surface area contributed by atoms with Crippen molar-refractivity contribution >= 4 is 5.91 Å². The van der Waals surface area contributed by atoms with Crippen LogP contribution in [0.1, 0.15) is 41.5 Å². The van der Waals surface area contributed by atoms with E-state index in [0.717, 1.165) is 48.5 Å². The van der Waals surface area contributed by atoms with Gasteiger partial charge >= 0.3 is 0 Å². The Kier molecular flexibility index (Phi) is 4.76. The number of hydrogen-bond donors (Lipinski definition) is 1. The first-order valence-electron chi connectivity index (χ1n) is 8.15. The number of nitrogens with one attached hydrogen (secondary N) is 1. The summed E-state index contributed by atoms with van der Waals surface area (Å²) in [5, 5.41) is 7.38. The molecule has 1 fully saturated rings. The van der Waals surface area contributed by atoms with Crippen molar-refractivity contribution in [3.05, 3.63) is 52.9 Å². The number of amides is 1. The Morgan fingerprint density at radius 1 is 1.26 bits per heavy atom. The Morgan fingerprint density at radius 2 is 1.96 bits per heavy atom. The van der Waals surface area contributed by atoms with Crippen molar-refractivity contribution in [2.45, 2.75) is 39.3 Å². The first-order chi connectivity index (χ1) is 11.2. The van der Waals surface area contributed by atoms with E-state index in [1.54, 1.807) is 0 Å². The molecular formula is C18H23N3O2. The third-order valence-corrected chi connectivity index (χ3v) is 4.46. The van der Waals surface area contributed by atoms with Gasteiger partial charge in [0.25, 0.3) is 0 Å². The molecule has 23 heavy (non-hydrogen) atoms. The summed E-state index contributed by atoms with van der Waals surface area (Å²) in [7, 11) is 0. The van der Waals surface area contributed by atoms with Crippen molar-refractivity contribution in [3.8, 4) is 0 Å². The summed E-state index contributed by atoms with van der Waals surface area (Å²) in [6.45, 7) is 6.11. The predicted molar refractivity (Wildman–Crippen MR) is 87.8 cm³/mol. The number of rotatable bonds is 5. The highest BCUT2D eigenvalue weighted by Gasteiger charge is 2.27. The zero-order chi connectivity index (χ0) is 16.2. The lowest BCUT2D eigenvalue weighted by atomic mass is 10.0. The Balaban J connectivity index is 1.79. The minimum absolute atomic E-state index is 0.153. The molecule has 1 aliphatic heterocycles. The highest BCUT2D eigenvalue weighted by Crippen LogP contribution is 2.21. The summed E-state index contributed by atoms with van der Waals surface area (Å²) in [4.78, 5) is 14.9. The summed E-state index contributed by atoms with van der Waals surface area (Å²) >= 11 is 0. The van der Waals surface area contributed by atoms with Gasteiger partial charge in [0, 0.05) is 25.2 Å². The van der Waals surface area contributed by atoms with E-state index in [0.29, 0.717) is 6.54 Å². The second kappa shape index (κ2) is 6.96. The van der Waals surface area contributed by atoms with E-state index in [4.69, 9.17) is 4.52 Å². The van der Waals surface area contributed by atoms with Crippen LogP contribution in [0, 0.1) is 13.8 Å². The predicted octanol–water partition coefficient (Wildman–Crippen LogP) is 2.74. The van der Waals surface area contributed by atoms with Gasteiger partial charge in [-0.1, -0.05) is 35.5 Å².